The number of nitrogens with two attached hydrogens (primary N) is 1. The summed E-state index contributed by atoms with van der Waals surface area (Å²) in [5.41, 5.74) is 6.72. The summed E-state index contributed by atoms with van der Waals surface area (Å²) in [6.45, 7) is 2.07. The minimum absolute atomic E-state index is 0.0518. The number of aromatic hydroxyl groups is 2. The predicted molar refractivity (Wildman–Crippen MR) is 172 cm³/mol. The third-order valence-corrected chi connectivity index (χ3v) is 10.5. The molecule has 4 atom stereocenters. The molecular weight excluding hydrogens is 728 g/mol. The van der Waals surface area contributed by atoms with Crippen LogP contribution in [0.4, 0.5) is 9.93 Å². The maximum atomic E-state index is 13.4. The Balaban J connectivity index is 1.30. The first kappa shape index (κ1) is 35.9. The third kappa shape index (κ3) is 6.27. The number of Topliss-reactive ketones (excluding diaryl/α,β-unsaturated/α-hetero) is 1. The topological polar surface area (TPSA) is 295 Å². The van der Waals surface area contributed by atoms with E-state index in [1.165, 1.54) is 5.38 Å². The number of rotatable bonds is 12. The second-order valence-electron chi connectivity index (χ2n) is 11.3. The summed E-state index contributed by atoms with van der Waals surface area (Å²) >= 11 is 7.49. The van der Waals surface area contributed by atoms with Crippen molar-refractivity contribution in [2.75, 3.05) is 25.4 Å². The second kappa shape index (κ2) is 13.5. The molecule has 1 aromatic carbocycles. The first-order chi connectivity index (χ1) is 23.5. The minimum Gasteiger partial charge on any atom is -0.504 e. The van der Waals surface area contributed by atoms with E-state index in [9.17, 15) is 54.0 Å². The fraction of sp³-hybridized carbons (Fsp3) is 0.370. The number of thioether (sulfide) groups is 1. The smallest absolute Gasteiger partial charge is 0.348 e. The maximum Gasteiger partial charge on any atom is 0.348 e. The van der Waals surface area contributed by atoms with E-state index in [-0.39, 0.29) is 23.9 Å². The summed E-state index contributed by atoms with van der Waals surface area (Å²) < 4.78 is 0. The number of carboxylic acid groups (broad SMARTS) is 2. The molecule has 0 unspecified atom stereocenters. The normalized spacial score (nSPS) is 22.2. The number of nitrogen functional groups attached to an aromatic ring is 1. The molecule has 20 nitrogen and oxygen atoms in total. The van der Waals surface area contributed by atoms with Gasteiger partial charge in [-0.3, -0.25) is 29.5 Å². The van der Waals surface area contributed by atoms with E-state index < -0.39 is 104 Å². The van der Waals surface area contributed by atoms with Gasteiger partial charge in [-0.25, -0.2) is 24.4 Å². The number of aromatic nitrogens is 1. The number of hydrogen-bond acceptors (Lipinski definition) is 15. The van der Waals surface area contributed by atoms with Crippen LogP contribution in [0.2, 0.25) is 5.02 Å². The molecule has 23 heteroatoms. The number of halogens is 1. The van der Waals surface area contributed by atoms with Crippen LogP contribution in [0.15, 0.2) is 22.7 Å². The van der Waals surface area contributed by atoms with Crippen LogP contribution in [0.3, 0.4) is 0 Å². The van der Waals surface area contributed by atoms with Crippen LogP contribution in [0.1, 0.15) is 29.9 Å². The number of anilines is 1. The molecule has 8 N–H and O–H groups in total. The highest BCUT2D eigenvalue weighted by Gasteiger charge is 2.66. The summed E-state index contributed by atoms with van der Waals surface area (Å²) in [5.74, 6) is -9.22. The molecule has 0 radical (unpaired) electrons. The number of thiazole rings is 1. The van der Waals surface area contributed by atoms with Crippen LogP contribution in [-0.2, 0) is 28.8 Å². The fourth-order valence-electron chi connectivity index (χ4n) is 5.18. The summed E-state index contributed by atoms with van der Waals surface area (Å²) in [4.78, 5) is 98.7. The number of fused-ring (bicyclic) bond motifs is 1. The number of ketones is 1. The van der Waals surface area contributed by atoms with Gasteiger partial charge >= 0.3 is 23.9 Å². The van der Waals surface area contributed by atoms with Gasteiger partial charge in [-0.05, 0) is 12.1 Å². The lowest BCUT2D eigenvalue weighted by Gasteiger charge is -2.41. The number of hydrazine groups is 1. The molecule has 3 aliphatic heterocycles. The molecule has 0 aliphatic carbocycles. The number of phenols is 2. The van der Waals surface area contributed by atoms with Gasteiger partial charge in [0, 0.05) is 17.8 Å². The lowest BCUT2D eigenvalue weighted by atomic mass is 10.1. The Labute approximate surface area is 293 Å². The number of carboxylic acids is 2. The van der Waals surface area contributed by atoms with Crippen molar-refractivity contribution in [3.05, 3.63) is 33.8 Å². The highest BCUT2D eigenvalue weighted by molar-refractivity contribution is 8.02. The van der Waals surface area contributed by atoms with Gasteiger partial charge in [-0.15, -0.1) is 11.3 Å². The van der Waals surface area contributed by atoms with Gasteiger partial charge in [-0.2, -0.15) is 0 Å². The standard InChI is InChI=1S/C27H27ClN8O12S2/c1-9(2)18(23(43)44)48-33-14(11-7-49-25(29)30-11)19(40)31-15-21(42)34-8-27(24(45)46,50-22(15)34)35-5-6-36(26(35)47)32-20(41)16(38)10-3-4-12(37)17(39)13(10)28/h3-4,7,9,15,18,22,37,39H,5-6,8H2,1-2H3,(H2,29,30)(H,31,40)(H,32,41)(H,43,44)(H,45,46)/b33-14-/t15-,18+,22-,27-/m1/s1. The highest BCUT2D eigenvalue weighted by atomic mass is 35.5. The van der Waals surface area contributed by atoms with Crippen molar-refractivity contribution in [3.63, 3.8) is 0 Å². The lowest BCUT2D eigenvalue weighted by molar-refractivity contribution is -0.153. The number of hydrogen-bond donors (Lipinski definition) is 7. The predicted octanol–water partition coefficient (Wildman–Crippen LogP) is -0.548. The Morgan fingerprint density at radius 2 is 1.84 bits per heavy atom. The molecular formula is C27H27ClN8O12S2. The zero-order valence-electron chi connectivity index (χ0n) is 25.7. The zero-order valence-corrected chi connectivity index (χ0v) is 28.1. The van der Waals surface area contributed by atoms with E-state index in [0.29, 0.717) is 16.8 Å². The number of nitrogens with zero attached hydrogens (tertiary/aromatic N) is 5. The van der Waals surface area contributed by atoms with Crippen molar-refractivity contribution in [2.24, 2.45) is 11.1 Å². The quantitative estimate of drug-likeness (QED) is 0.0357. The monoisotopic (exact) mass is 754 g/mol. The van der Waals surface area contributed by atoms with Crippen LogP contribution in [0.25, 0.3) is 0 Å². The Morgan fingerprint density at radius 1 is 1.14 bits per heavy atom. The molecule has 0 saturated carbocycles. The molecule has 3 saturated heterocycles. The summed E-state index contributed by atoms with van der Waals surface area (Å²) in [7, 11) is 0. The van der Waals surface area contributed by atoms with Gasteiger partial charge in [0.2, 0.25) is 16.9 Å². The number of oxime groups is 1. The van der Waals surface area contributed by atoms with Crippen molar-refractivity contribution in [1.82, 2.24) is 30.5 Å². The van der Waals surface area contributed by atoms with Crippen LogP contribution in [0.5, 0.6) is 11.5 Å². The summed E-state index contributed by atoms with van der Waals surface area (Å²) in [5, 5.41) is 45.8. The molecule has 5 rings (SSSR count). The van der Waals surface area contributed by atoms with Gasteiger partial charge in [0.1, 0.15) is 17.1 Å². The molecule has 266 valence electrons. The molecule has 0 spiro atoms. The van der Waals surface area contributed by atoms with Gasteiger partial charge < -0.3 is 41.2 Å². The van der Waals surface area contributed by atoms with Crippen molar-refractivity contribution in [2.45, 2.75) is 36.2 Å². The van der Waals surface area contributed by atoms with Gasteiger partial charge in [0.25, 0.3) is 11.7 Å². The van der Waals surface area contributed by atoms with E-state index in [0.717, 1.165) is 33.3 Å². The second-order valence-corrected chi connectivity index (χ2v) is 13.9. The molecule has 3 aliphatic rings. The van der Waals surface area contributed by atoms with E-state index in [2.05, 4.69) is 20.9 Å². The van der Waals surface area contributed by atoms with Crippen LogP contribution >= 0.6 is 34.7 Å². The van der Waals surface area contributed by atoms with E-state index >= 15 is 0 Å². The van der Waals surface area contributed by atoms with Gasteiger partial charge in [-0.1, -0.05) is 42.4 Å². The molecule has 0 bridgehead atoms. The zero-order chi connectivity index (χ0) is 36.8. The number of β-lactam (4-membered cyclic amide) rings is 1. The minimum atomic E-state index is -2.08. The number of phenolic OH excluding ortho intramolecular Hbond substituents is 2. The molecule has 5 amide bonds. The number of benzene rings is 1. The molecule has 3 fully saturated rings. The Morgan fingerprint density at radius 3 is 2.44 bits per heavy atom. The number of carbonyl (C=O) groups excluding carboxylic acids is 5. The van der Waals surface area contributed by atoms with E-state index in [4.69, 9.17) is 22.2 Å². The highest BCUT2D eigenvalue weighted by Crippen LogP contribution is 2.49. The first-order valence-electron chi connectivity index (χ1n) is 14.3. The Bertz CT molecular complexity index is 1860. The number of aliphatic carboxylic acids is 2. The largest absolute Gasteiger partial charge is 0.504 e. The number of carbonyl (C=O) groups is 7. The van der Waals surface area contributed by atoms with Crippen molar-refractivity contribution in [1.29, 1.82) is 0 Å². The maximum absolute atomic E-state index is 13.4. The van der Waals surface area contributed by atoms with E-state index in [1.54, 1.807) is 13.8 Å². The number of nitrogens with one attached hydrogen (secondary N) is 2. The van der Waals surface area contributed by atoms with Crippen molar-refractivity contribution in [3.8, 4) is 11.5 Å². The van der Waals surface area contributed by atoms with Gasteiger partial charge in [0.05, 0.1) is 23.7 Å². The summed E-state index contributed by atoms with van der Waals surface area (Å²) in [6.07, 6.45) is -1.43. The van der Waals surface area contributed by atoms with E-state index in [1.807, 2.05) is 0 Å². The van der Waals surface area contributed by atoms with Crippen LogP contribution < -0.4 is 16.5 Å². The summed E-state index contributed by atoms with van der Waals surface area (Å²) in [6, 6.07) is -0.429. The SMILES string of the molecule is CC(C)[C@H](O/N=C(\C(=O)N[C@@H]1C(=O)N2C[C@@](C(=O)O)(N3CCN(NC(=O)C(=O)c4ccc(O)c(O)c4Cl)C3=O)S[C@H]12)c1csc(N)n1)C(=O)O. The van der Waals surface area contributed by atoms with Crippen LogP contribution in [0, 0.1) is 5.92 Å². The number of amides is 5. The van der Waals surface area contributed by atoms with Crippen molar-refractivity contribution < 1.29 is 58.8 Å². The average Bonchev–Trinajstić information content (AvgIpc) is 3.76. The lowest BCUT2D eigenvalue weighted by Crippen LogP contribution is -2.68. The molecule has 1 aromatic heterocycles. The Hall–Kier alpha value is -5.35. The molecule has 2 aromatic rings. The molecule has 4 heterocycles. The third-order valence-electron chi connectivity index (χ3n) is 7.78. The fourth-order valence-corrected chi connectivity index (χ4v) is 7.61. The number of urea groups is 1. The van der Waals surface area contributed by atoms with Crippen molar-refractivity contribution >= 4 is 87.0 Å². The average molecular weight is 755 g/mol. The van der Waals surface area contributed by atoms with Crippen LogP contribution in [-0.4, -0.2) is 129 Å². The van der Waals surface area contributed by atoms with Gasteiger partial charge in [0.15, 0.2) is 22.3 Å². The first-order valence-corrected chi connectivity index (χ1v) is 16.5. The Kier molecular flexibility index (Phi) is 9.72. The molecule has 50 heavy (non-hydrogen) atoms.